The summed E-state index contributed by atoms with van der Waals surface area (Å²) in [6.07, 6.45) is 8.96. The maximum atomic E-state index is 13.1. The van der Waals surface area contributed by atoms with Crippen LogP contribution in [0.4, 0.5) is 5.69 Å². The van der Waals surface area contributed by atoms with Gasteiger partial charge in [0.15, 0.2) is 0 Å². The number of nitrogens with zero attached hydrogens (tertiary/aromatic N) is 3. The maximum Gasteiger partial charge on any atom is 0.336 e. The van der Waals surface area contributed by atoms with Gasteiger partial charge in [0.1, 0.15) is 12.0 Å². The summed E-state index contributed by atoms with van der Waals surface area (Å²) in [6, 6.07) is 10.0. The molecule has 0 fully saturated rings. The monoisotopic (exact) mass is 716 g/mol. The molecule has 0 spiro atoms. The predicted octanol–water partition coefficient (Wildman–Crippen LogP) is 6.11. The van der Waals surface area contributed by atoms with E-state index >= 15 is 0 Å². The number of aromatic hydroxyl groups is 1. The van der Waals surface area contributed by atoms with Crippen molar-refractivity contribution >= 4 is 41.3 Å². The van der Waals surface area contributed by atoms with Crippen LogP contribution in [0.1, 0.15) is 104 Å². The SMILES string of the molecule is CCN(CC)C1=CC/C(=C(\c2ccc(N(CC)CC)cc2O)c2ccc(C(=O)NCCCCCC(=O)ON(C)C(=O)CCC=O)cc2C(=O)O)C=C1. The van der Waals surface area contributed by atoms with E-state index in [0.717, 1.165) is 48.2 Å². The number of anilines is 1. The van der Waals surface area contributed by atoms with E-state index in [2.05, 4.69) is 35.0 Å². The summed E-state index contributed by atoms with van der Waals surface area (Å²) in [7, 11) is 1.32. The molecule has 52 heavy (non-hydrogen) atoms. The molecule has 0 heterocycles. The van der Waals surface area contributed by atoms with E-state index in [9.17, 15) is 34.2 Å². The summed E-state index contributed by atoms with van der Waals surface area (Å²) in [5.74, 6) is -2.65. The first-order chi connectivity index (χ1) is 25.0. The van der Waals surface area contributed by atoms with Crippen LogP contribution in [-0.4, -0.2) is 90.0 Å². The molecule has 1 aliphatic rings. The van der Waals surface area contributed by atoms with E-state index in [-0.39, 0.29) is 36.1 Å². The van der Waals surface area contributed by atoms with Crippen LogP contribution >= 0.6 is 0 Å². The molecule has 280 valence electrons. The van der Waals surface area contributed by atoms with Crippen molar-refractivity contribution in [3.8, 4) is 5.75 Å². The van der Waals surface area contributed by atoms with Crippen LogP contribution < -0.4 is 10.2 Å². The lowest BCUT2D eigenvalue weighted by Crippen LogP contribution is -2.29. The van der Waals surface area contributed by atoms with Crippen molar-refractivity contribution in [2.45, 2.75) is 72.6 Å². The van der Waals surface area contributed by atoms with Gasteiger partial charge in [-0.25, -0.2) is 9.59 Å². The van der Waals surface area contributed by atoms with Crippen LogP contribution in [0.5, 0.6) is 5.75 Å². The van der Waals surface area contributed by atoms with Crippen LogP contribution in [0, 0.1) is 0 Å². The lowest BCUT2D eigenvalue weighted by Gasteiger charge is -2.26. The third kappa shape index (κ3) is 11.1. The normalized spacial score (nSPS) is 13.1. The molecule has 0 saturated carbocycles. The second-order valence-corrected chi connectivity index (χ2v) is 12.3. The molecule has 12 heteroatoms. The van der Waals surface area contributed by atoms with Gasteiger partial charge in [-0.2, -0.15) is 5.06 Å². The Morgan fingerprint density at radius 3 is 2.13 bits per heavy atom. The van der Waals surface area contributed by atoms with E-state index in [0.29, 0.717) is 55.2 Å². The molecule has 3 N–H and O–H groups in total. The van der Waals surface area contributed by atoms with Crippen molar-refractivity contribution in [1.29, 1.82) is 0 Å². The maximum absolute atomic E-state index is 13.1. The minimum Gasteiger partial charge on any atom is -0.507 e. The number of hydrogen-bond donors (Lipinski definition) is 3. The van der Waals surface area contributed by atoms with E-state index in [1.165, 1.54) is 13.1 Å². The number of unbranched alkanes of at least 4 members (excludes halogenated alkanes) is 2. The highest BCUT2D eigenvalue weighted by atomic mass is 16.7. The standard InChI is InChI=1S/C40H52N4O8/c1-6-43(7-2)30-19-16-28(17-20-30)38(33-23-21-31(27-35(33)46)44(8-3)9-4)32-22-18-29(26-34(32)40(50)51)39(49)41-24-12-10-11-15-37(48)52-42(5)36(47)14-13-25-45/h16,18-23,25-27,46H,6-15,17,24H2,1-5H3,(H,41,49)(H,50,51)/b38-28-. The van der Waals surface area contributed by atoms with Gasteiger partial charge in [0.25, 0.3) is 11.8 Å². The van der Waals surface area contributed by atoms with Crippen molar-refractivity contribution in [1.82, 2.24) is 15.3 Å². The molecule has 0 unspecified atom stereocenters. The van der Waals surface area contributed by atoms with Crippen molar-refractivity contribution in [3.63, 3.8) is 0 Å². The topological polar surface area (TPSA) is 157 Å². The Morgan fingerprint density at radius 2 is 1.54 bits per heavy atom. The summed E-state index contributed by atoms with van der Waals surface area (Å²) in [5, 5.41) is 25.4. The minimum atomic E-state index is -1.20. The number of rotatable bonds is 19. The highest BCUT2D eigenvalue weighted by Gasteiger charge is 2.24. The van der Waals surface area contributed by atoms with Gasteiger partial charge in [-0.05, 0) is 94.0 Å². The molecular weight excluding hydrogens is 664 g/mol. The molecular formula is C40H52N4O8. The summed E-state index contributed by atoms with van der Waals surface area (Å²) in [4.78, 5) is 69.4. The van der Waals surface area contributed by atoms with Gasteiger partial charge < -0.3 is 35.0 Å². The molecule has 2 aromatic rings. The molecule has 2 aromatic carbocycles. The fourth-order valence-electron chi connectivity index (χ4n) is 6.10. The van der Waals surface area contributed by atoms with Crippen molar-refractivity contribution in [2.24, 2.45) is 0 Å². The summed E-state index contributed by atoms with van der Waals surface area (Å²) >= 11 is 0. The molecule has 1 aliphatic carbocycles. The Hall–Kier alpha value is -5.39. The number of benzene rings is 2. The number of carbonyl (C=O) groups excluding carboxylic acids is 4. The second-order valence-electron chi connectivity index (χ2n) is 12.3. The number of allylic oxidation sites excluding steroid dienone is 4. The number of nitrogens with one attached hydrogen (secondary N) is 1. The van der Waals surface area contributed by atoms with E-state index in [1.54, 1.807) is 18.2 Å². The Kier molecular flexibility index (Phi) is 16.1. The number of carboxylic acids is 1. The van der Waals surface area contributed by atoms with Gasteiger partial charge in [-0.3, -0.25) is 9.59 Å². The zero-order valence-electron chi connectivity index (χ0n) is 30.9. The smallest absolute Gasteiger partial charge is 0.336 e. The van der Waals surface area contributed by atoms with Gasteiger partial charge in [0, 0.05) is 87.6 Å². The zero-order chi connectivity index (χ0) is 38.2. The zero-order valence-corrected chi connectivity index (χ0v) is 30.9. The molecule has 3 rings (SSSR count). The number of amides is 2. The first kappa shape index (κ1) is 41.0. The van der Waals surface area contributed by atoms with Gasteiger partial charge in [0.2, 0.25) is 0 Å². The number of aromatic carboxylic acids is 1. The van der Waals surface area contributed by atoms with Crippen molar-refractivity contribution in [3.05, 3.63) is 88.2 Å². The Labute approximate surface area is 306 Å². The average Bonchev–Trinajstić information content (AvgIpc) is 3.14. The first-order valence-corrected chi connectivity index (χ1v) is 18.0. The average molecular weight is 717 g/mol. The van der Waals surface area contributed by atoms with E-state index in [1.807, 2.05) is 38.1 Å². The molecule has 0 bridgehead atoms. The number of phenols is 1. The highest BCUT2D eigenvalue weighted by Crippen LogP contribution is 2.39. The van der Waals surface area contributed by atoms with Crippen LogP contribution in [0.15, 0.2) is 65.9 Å². The second kappa shape index (κ2) is 20.5. The number of carbonyl (C=O) groups is 5. The van der Waals surface area contributed by atoms with Crippen LogP contribution in [0.3, 0.4) is 0 Å². The Balaban J connectivity index is 1.80. The number of carboxylic acid groups (broad SMARTS) is 1. The van der Waals surface area contributed by atoms with Gasteiger partial charge >= 0.3 is 11.9 Å². The van der Waals surface area contributed by atoms with Crippen molar-refractivity contribution < 1.29 is 39.0 Å². The van der Waals surface area contributed by atoms with Gasteiger partial charge in [-0.15, -0.1) is 0 Å². The Bertz CT molecular complexity index is 1690. The molecule has 0 saturated heterocycles. The molecule has 0 atom stereocenters. The summed E-state index contributed by atoms with van der Waals surface area (Å²) in [5.41, 5.74) is 4.34. The summed E-state index contributed by atoms with van der Waals surface area (Å²) in [6.45, 7) is 11.8. The van der Waals surface area contributed by atoms with Crippen LogP contribution in [-0.2, 0) is 19.2 Å². The fraction of sp³-hybridized carbons (Fsp3) is 0.425. The lowest BCUT2D eigenvalue weighted by atomic mass is 9.86. The molecule has 0 radical (unpaired) electrons. The quantitative estimate of drug-likeness (QED) is 0.0881. The molecule has 12 nitrogen and oxygen atoms in total. The minimum absolute atomic E-state index is 0.0281. The number of phenolic OH excluding ortho intramolecular Hbond substituents is 1. The highest BCUT2D eigenvalue weighted by molar-refractivity contribution is 6.03. The third-order valence-electron chi connectivity index (χ3n) is 9.01. The van der Waals surface area contributed by atoms with Crippen LogP contribution in [0.25, 0.3) is 5.57 Å². The molecule has 0 aromatic heterocycles. The third-order valence-corrected chi connectivity index (χ3v) is 9.01. The number of hydroxylamine groups is 2. The summed E-state index contributed by atoms with van der Waals surface area (Å²) < 4.78 is 0. The van der Waals surface area contributed by atoms with Gasteiger partial charge in [-0.1, -0.05) is 24.6 Å². The molecule has 2 amide bonds. The van der Waals surface area contributed by atoms with Crippen LogP contribution in [0.2, 0.25) is 0 Å². The first-order valence-electron chi connectivity index (χ1n) is 18.0. The number of aldehydes is 1. The van der Waals surface area contributed by atoms with Crippen molar-refractivity contribution in [2.75, 3.05) is 44.7 Å². The predicted molar refractivity (Wildman–Crippen MR) is 201 cm³/mol. The number of hydrogen-bond acceptors (Lipinski definition) is 9. The lowest BCUT2D eigenvalue weighted by molar-refractivity contribution is -0.192. The van der Waals surface area contributed by atoms with Gasteiger partial charge in [0.05, 0.1) is 5.56 Å². The molecule has 0 aliphatic heterocycles. The van der Waals surface area contributed by atoms with E-state index in [4.69, 9.17) is 4.84 Å². The number of likely N-dealkylation sites (N-methyl/N-ethyl adjacent to an activating group) is 1. The van der Waals surface area contributed by atoms with E-state index < -0.39 is 23.8 Å². The largest absolute Gasteiger partial charge is 0.507 e. The fourth-order valence-corrected chi connectivity index (χ4v) is 6.10. The Morgan fingerprint density at radius 1 is 0.846 bits per heavy atom.